The molecule has 0 saturated carbocycles. The summed E-state index contributed by atoms with van der Waals surface area (Å²) >= 11 is 2.16. The molecule has 8 aromatic carbocycles. The van der Waals surface area contributed by atoms with Crippen LogP contribution in [0.15, 0.2) is 194 Å². The molecular weight excluding hydrogens is 1620 g/mol. The van der Waals surface area contributed by atoms with Gasteiger partial charge in [-0.05, 0) is 45.9 Å². The second kappa shape index (κ2) is 34.7. The SMILES string of the molecule is CC(C)(C)c1c[c-]c2c(c1)-c1cccc(C(C)(C)C)c1C2.CC(C)(C)c1c[c-]c2c(c1)-c1cccc(C(C)(C)C)c1C2.C[Si](C)(C)c1ccc([C](=[Hf+2])c2ccc([Si](C)(C)C)cc2)cc1.C[Si](C)(C)c1ccc([C](=[Hf+2])c2ccc([Si](C)(C)C)cc2)cc1.[C-]1=CC=CC1.[C-]1=CC=CC1.[Cl-].[Cl-]. The Morgan fingerprint density at radius 3 is 0.806 bits per heavy atom. The molecule has 0 spiro atoms. The Morgan fingerprint density at radius 1 is 0.347 bits per heavy atom. The van der Waals surface area contributed by atoms with Gasteiger partial charge in [-0.3, -0.25) is 12.2 Å². The summed E-state index contributed by atoms with van der Waals surface area (Å²) in [6.07, 6.45) is 22.1. The molecule has 0 radical (unpaired) electrons. The maximum absolute atomic E-state index is 3.55. The van der Waals surface area contributed by atoms with Gasteiger partial charge in [0, 0.05) is 0 Å². The van der Waals surface area contributed by atoms with Gasteiger partial charge in [-0.2, -0.15) is 70.8 Å². The van der Waals surface area contributed by atoms with E-state index >= 15 is 0 Å². The molecule has 8 aromatic rings. The van der Waals surface area contributed by atoms with Crippen molar-refractivity contribution >= 4 is 59.6 Å². The number of halogens is 2. The fourth-order valence-electron chi connectivity index (χ4n) is 12.1. The molecule has 0 saturated heterocycles. The molecule has 8 heteroatoms. The van der Waals surface area contributed by atoms with E-state index in [-0.39, 0.29) is 46.5 Å². The first-order chi connectivity index (χ1) is 44.5. The van der Waals surface area contributed by atoms with Crippen molar-refractivity contribution in [3.8, 4) is 22.3 Å². The van der Waals surface area contributed by atoms with Crippen molar-refractivity contribution in [3.63, 3.8) is 0 Å². The fourth-order valence-corrected chi connectivity index (χ4v) is 19.1. The molecule has 0 fully saturated rings. The van der Waals surface area contributed by atoms with Crippen LogP contribution in [0.3, 0.4) is 0 Å². The minimum atomic E-state index is -1.19. The van der Waals surface area contributed by atoms with E-state index in [1.54, 1.807) is 20.7 Å². The summed E-state index contributed by atoms with van der Waals surface area (Å²) in [7, 11) is -4.77. The number of rotatable bonds is 8. The van der Waals surface area contributed by atoms with Crippen LogP contribution < -0.4 is 45.6 Å². The predicted octanol–water partition coefficient (Wildman–Crippen LogP) is 15.7. The monoisotopic (exact) mass is 1730 g/mol. The van der Waals surface area contributed by atoms with Crippen LogP contribution in [0, 0.1) is 24.3 Å². The number of allylic oxidation sites excluding steroid dienone is 8. The fraction of sp³-hybridized carbons (Fsp3) is 0.356. The summed E-state index contributed by atoms with van der Waals surface area (Å²) in [6, 6.07) is 67.1. The topological polar surface area (TPSA) is 0 Å². The predicted molar refractivity (Wildman–Crippen MR) is 429 cm³/mol. The van der Waals surface area contributed by atoms with Crippen molar-refractivity contribution in [2.45, 2.75) is 209 Å². The Kier molecular flexibility index (Phi) is 29.9. The minimum absolute atomic E-state index is 0. The molecule has 4 aliphatic carbocycles. The molecule has 0 aromatic heterocycles. The zero-order valence-corrected chi connectivity index (χ0v) is 76.8. The normalized spacial score (nSPS) is 13.3. The molecule has 0 aliphatic heterocycles. The van der Waals surface area contributed by atoms with Crippen LogP contribution in [0.5, 0.6) is 0 Å². The van der Waals surface area contributed by atoms with E-state index in [1.165, 1.54) is 95.5 Å². The molecule has 12 rings (SSSR count). The van der Waals surface area contributed by atoms with Crippen molar-refractivity contribution in [2.24, 2.45) is 0 Å². The third-order valence-corrected chi connectivity index (χ3v) is 30.8. The van der Waals surface area contributed by atoms with Crippen LogP contribution in [0.1, 0.15) is 163 Å². The maximum Gasteiger partial charge on any atom is -0.109 e. The molecule has 0 atom stereocenters. The first-order valence-electron chi connectivity index (χ1n) is 34.9. The van der Waals surface area contributed by atoms with Gasteiger partial charge in [-0.25, -0.2) is 24.3 Å². The van der Waals surface area contributed by atoms with E-state index in [4.69, 9.17) is 0 Å². The molecular formula is C90H112Cl2Hf2Si4-2. The summed E-state index contributed by atoms with van der Waals surface area (Å²) in [6.45, 7) is 56.3. The van der Waals surface area contributed by atoms with Crippen LogP contribution >= 0.6 is 0 Å². The summed E-state index contributed by atoms with van der Waals surface area (Å²) in [4.78, 5) is 0. The first kappa shape index (κ1) is 84.3. The van der Waals surface area contributed by atoms with Gasteiger partial charge in [0.25, 0.3) is 0 Å². The van der Waals surface area contributed by atoms with Gasteiger partial charge in [-0.1, -0.05) is 141 Å². The first-order valence-corrected chi connectivity index (χ1v) is 52.5. The van der Waals surface area contributed by atoms with Crippen LogP contribution in [0.4, 0.5) is 0 Å². The van der Waals surface area contributed by atoms with Crippen molar-refractivity contribution < 1.29 is 72.6 Å². The molecule has 0 amide bonds. The van der Waals surface area contributed by atoms with E-state index in [9.17, 15) is 0 Å². The van der Waals surface area contributed by atoms with Crippen molar-refractivity contribution in [3.05, 3.63) is 285 Å². The van der Waals surface area contributed by atoms with Gasteiger partial charge in [0.05, 0.1) is 0 Å². The number of hydrogen-bond donors (Lipinski definition) is 0. The van der Waals surface area contributed by atoms with E-state index in [0.717, 1.165) is 73.5 Å². The van der Waals surface area contributed by atoms with Gasteiger partial charge >= 0.3 is 305 Å². The van der Waals surface area contributed by atoms with E-state index in [0.29, 0.717) is 0 Å². The van der Waals surface area contributed by atoms with Crippen LogP contribution in [0.25, 0.3) is 22.3 Å². The Bertz CT molecular complexity index is 3700. The third kappa shape index (κ3) is 23.3. The second-order valence-corrected chi connectivity index (χ2v) is 58.5. The molecule has 4 aliphatic rings. The maximum atomic E-state index is 3.55. The number of fused-ring (bicyclic) bond motifs is 6. The van der Waals surface area contributed by atoms with Crippen LogP contribution in [0.2, 0.25) is 78.6 Å². The van der Waals surface area contributed by atoms with Crippen molar-refractivity contribution in [1.29, 1.82) is 0 Å². The van der Waals surface area contributed by atoms with Crippen molar-refractivity contribution in [2.75, 3.05) is 0 Å². The molecule has 0 heterocycles. The Morgan fingerprint density at radius 2 is 0.612 bits per heavy atom. The van der Waals surface area contributed by atoms with Crippen LogP contribution in [-0.2, 0) is 82.3 Å². The molecule has 512 valence electrons. The van der Waals surface area contributed by atoms with E-state index in [2.05, 4.69) is 356 Å². The summed E-state index contributed by atoms with van der Waals surface area (Å²) < 4.78 is 3.01. The van der Waals surface area contributed by atoms with E-state index in [1.807, 2.05) is 24.3 Å². The summed E-state index contributed by atoms with van der Waals surface area (Å²) in [5, 5.41) is 6.17. The summed E-state index contributed by atoms with van der Waals surface area (Å²) in [5.74, 6) is 0. The van der Waals surface area contributed by atoms with Gasteiger partial charge in [0.1, 0.15) is 0 Å². The van der Waals surface area contributed by atoms with Gasteiger partial charge in [0.2, 0.25) is 0 Å². The third-order valence-electron chi connectivity index (χ3n) is 18.4. The quantitative estimate of drug-likeness (QED) is 0.105. The Balaban J connectivity index is 0.000000223. The van der Waals surface area contributed by atoms with E-state index < -0.39 is 32.3 Å². The largest absolute Gasteiger partial charge is 1.00 e. The standard InChI is InChI=1S/2C21H25.2C19H26Si2.2C5H5.2ClH.2Hf/c2*1-20(2,3)15-11-10-14-12-18-16(17(14)13-15)8-7-9-19(18)21(4,5)6;2*1-20(2,3)18-11-7-16(8-12-18)15-17-9-13-19(14-10-17)21(4,5)6;2*1-2-4-5-3-1;;;;/h2*7-9,11,13H,12H2,1-6H3;2*7-14H,1-6H3;2*1-3H,4H2;2*1H;;/q2*-1;;;2*-1;;;2*+2/p-2. The number of benzene rings is 8. The molecule has 98 heavy (non-hydrogen) atoms. The summed E-state index contributed by atoms with van der Waals surface area (Å²) in [5.41, 5.74) is 23.4. The van der Waals surface area contributed by atoms with Crippen LogP contribution in [-0.4, -0.2) is 38.8 Å². The average Bonchev–Trinajstić information content (AvgIpc) is 1.61. The average molecular weight is 1730 g/mol. The van der Waals surface area contributed by atoms with Gasteiger partial charge in [-0.15, -0.1) is 24.0 Å². The zero-order chi connectivity index (χ0) is 71.0. The second-order valence-electron chi connectivity index (χ2n) is 34.6. The molecule has 0 unspecified atom stereocenters. The van der Waals surface area contributed by atoms with Gasteiger partial charge in [0.15, 0.2) is 0 Å². The molecule has 0 nitrogen and oxygen atoms in total. The Hall–Kier alpha value is -4.35. The Labute approximate surface area is 642 Å². The zero-order valence-electron chi connectivity index (χ0n) is 64.1. The molecule has 0 N–H and O–H groups in total. The van der Waals surface area contributed by atoms with Gasteiger partial charge < -0.3 is 24.8 Å². The molecule has 0 bridgehead atoms. The smallest absolute Gasteiger partial charge is 0.109 e. The van der Waals surface area contributed by atoms with Crippen molar-refractivity contribution in [1.82, 2.24) is 0 Å². The number of hydrogen-bond acceptors (Lipinski definition) is 0. The minimum Gasteiger partial charge on any atom is -1.00 e.